The van der Waals surface area contributed by atoms with E-state index in [0.29, 0.717) is 0 Å². The van der Waals surface area contributed by atoms with Gasteiger partial charge >= 0.3 is 0 Å². The molecule has 1 heterocycles. The summed E-state index contributed by atoms with van der Waals surface area (Å²) < 4.78 is 5.03. The second kappa shape index (κ2) is 5.14. The molecule has 0 amide bonds. The average molecular weight is 218 g/mol. The van der Waals surface area contributed by atoms with Crippen LogP contribution in [0.2, 0.25) is 0 Å². The number of nitrogens with one attached hydrogen (secondary N) is 1. The fourth-order valence-electron chi connectivity index (χ4n) is 1.95. The van der Waals surface area contributed by atoms with Crippen LogP contribution in [0.25, 0.3) is 10.9 Å². The molecule has 0 saturated carbocycles. The maximum atomic E-state index is 6.05. The Kier molecular flexibility index (Phi) is 3.59. The van der Waals surface area contributed by atoms with Gasteiger partial charge in [0.2, 0.25) is 0 Å². The smallest absolute Gasteiger partial charge is 0.0477 e. The van der Waals surface area contributed by atoms with Gasteiger partial charge in [-0.2, -0.15) is 0 Å². The van der Waals surface area contributed by atoms with E-state index in [1.54, 1.807) is 7.11 Å². The lowest BCUT2D eigenvalue weighted by Gasteiger charge is -2.09. The van der Waals surface area contributed by atoms with E-state index in [4.69, 9.17) is 10.5 Å². The quantitative estimate of drug-likeness (QED) is 0.807. The molecule has 3 N–H and O–H groups in total. The molecule has 3 heteroatoms. The summed E-state index contributed by atoms with van der Waals surface area (Å²) in [5.74, 6) is 0. The first kappa shape index (κ1) is 11.2. The standard InChI is InChI=1S/C13H18N2O/c1-16-7-6-11(14)8-10-9-15-13-5-3-2-4-12(10)13/h2-5,9,11,15H,6-8,14H2,1H3. The van der Waals surface area contributed by atoms with Gasteiger partial charge in [0.1, 0.15) is 0 Å². The number of H-pyrrole nitrogens is 1. The first-order valence-corrected chi connectivity index (χ1v) is 5.61. The van der Waals surface area contributed by atoms with Gasteiger partial charge in [0, 0.05) is 36.9 Å². The molecule has 1 aromatic carbocycles. The largest absolute Gasteiger partial charge is 0.385 e. The van der Waals surface area contributed by atoms with Gasteiger partial charge in [-0.25, -0.2) is 0 Å². The van der Waals surface area contributed by atoms with Crippen molar-refractivity contribution in [2.75, 3.05) is 13.7 Å². The number of benzene rings is 1. The molecular weight excluding hydrogens is 200 g/mol. The minimum atomic E-state index is 0.166. The second-order valence-corrected chi connectivity index (χ2v) is 4.11. The minimum absolute atomic E-state index is 0.166. The molecule has 2 rings (SSSR count). The summed E-state index contributed by atoms with van der Waals surface area (Å²) in [5, 5.41) is 1.27. The van der Waals surface area contributed by atoms with E-state index < -0.39 is 0 Å². The zero-order valence-corrected chi connectivity index (χ0v) is 9.57. The summed E-state index contributed by atoms with van der Waals surface area (Å²) in [6.45, 7) is 0.726. The fourth-order valence-corrected chi connectivity index (χ4v) is 1.95. The van der Waals surface area contributed by atoms with Gasteiger partial charge in [-0.05, 0) is 24.5 Å². The van der Waals surface area contributed by atoms with Crippen LogP contribution < -0.4 is 5.73 Å². The summed E-state index contributed by atoms with van der Waals surface area (Å²) in [4.78, 5) is 3.26. The Bertz CT molecular complexity index is 450. The van der Waals surface area contributed by atoms with Crippen molar-refractivity contribution in [2.24, 2.45) is 5.73 Å². The van der Waals surface area contributed by atoms with E-state index in [1.807, 2.05) is 6.07 Å². The Hall–Kier alpha value is -1.32. The number of aromatic amines is 1. The Labute approximate surface area is 95.6 Å². The fraction of sp³-hybridized carbons (Fsp3) is 0.385. The lowest BCUT2D eigenvalue weighted by Crippen LogP contribution is -2.24. The normalized spacial score (nSPS) is 13.1. The molecule has 0 aliphatic carbocycles. The molecule has 86 valence electrons. The predicted molar refractivity (Wildman–Crippen MR) is 66.5 cm³/mol. The third-order valence-electron chi connectivity index (χ3n) is 2.85. The first-order valence-electron chi connectivity index (χ1n) is 5.61. The van der Waals surface area contributed by atoms with Crippen molar-refractivity contribution >= 4 is 10.9 Å². The maximum Gasteiger partial charge on any atom is 0.0477 e. The van der Waals surface area contributed by atoms with Crippen LogP contribution in [0.3, 0.4) is 0 Å². The number of rotatable bonds is 5. The zero-order valence-electron chi connectivity index (χ0n) is 9.57. The topological polar surface area (TPSA) is 51.0 Å². The number of methoxy groups -OCH3 is 1. The summed E-state index contributed by atoms with van der Waals surface area (Å²) >= 11 is 0. The van der Waals surface area contributed by atoms with Crippen molar-refractivity contribution in [2.45, 2.75) is 18.9 Å². The number of ether oxygens (including phenoxy) is 1. The van der Waals surface area contributed by atoms with Crippen molar-refractivity contribution in [3.63, 3.8) is 0 Å². The van der Waals surface area contributed by atoms with Gasteiger partial charge in [-0.15, -0.1) is 0 Å². The molecule has 0 spiro atoms. The van der Waals surface area contributed by atoms with Crippen molar-refractivity contribution < 1.29 is 4.74 Å². The van der Waals surface area contributed by atoms with E-state index >= 15 is 0 Å². The van der Waals surface area contributed by atoms with Gasteiger partial charge in [-0.1, -0.05) is 18.2 Å². The SMILES string of the molecule is COCCC(N)Cc1c[nH]c2ccccc12. The highest BCUT2D eigenvalue weighted by atomic mass is 16.5. The van der Waals surface area contributed by atoms with Gasteiger partial charge in [-0.3, -0.25) is 0 Å². The molecule has 0 fully saturated rings. The first-order chi connectivity index (χ1) is 7.81. The molecule has 1 atom stereocenters. The van der Waals surface area contributed by atoms with Crippen LogP contribution in [0.4, 0.5) is 0 Å². The average Bonchev–Trinajstić information content (AvgIpc) is 2.70. The Morgan fingerprint density at radius 1 is 1.38 bits per heavy atom. The van der Waals surface area contributed by atoms with Crippen LogP contribution in [0.5, 0.6) is 0 Å². The monoisotopic (exact) mass is 218 g/mol. The van der Waals surface area contributed by atoms with Gasteiger partial charge in [0.05, 0.1) is 0 Å². The Morgan fingerprint density at radius 2 is 2.19 bits per heavy atom. The van der Waals surface area contributed by atoms with E-state index in [9.17, 15) is 0 Å². The van der Waals surface area contributed by atoms with E-state index in [1.165, 1.54) is 16.5 Å². The molecule has 0 bridgehead atoms. The number of para-hydroxylation sites is 1. The molecule has 2 aromatic rings. The predicted octanol–water partition coefficient (Wildman–Crippen LogP) is 2.07. The Balaban J connectivity index is 2.09. The van der Waals surface area contributed by atoms with Crippen LogP contribution in [-0.4, -0.2) is 24.7 Å². The Morgan fingerprint density at radius 3 is 3.00 bits per heavy atom. The molecule has 0 aliphatic heterocycles. The van der Waals surface area contributed by atoms with Crippen molar-refractivity contribution in [3.05, 3.63) is 36.0 Å². The lowest BCUT2D eigenvalue weighted by molar-refractivity contribution is 0.188. The van der Waals surface area contributed by atoms with Crippen LogP contribution in [0.1, 0.15) is 12.0 Å². The highest BCUT2D eigenvalue weighted by molar-refractivity contribution is 5.83. The van der Waals surface area contributed by atoms with Gasteiger partial charge in [0.25, 0.3) is 0 Å². The summed E-state index contributed by atoms with van der Waals surface area (Å²) in [7, 11) is 1.71. The number of hydrogen-bond acceptors (Lipinski definition) is 2. The zero-order chi connectivity index (χ0) is 11.4. The third-order valence-corrected chi connectivity index (χ3v) is 2.85. The van der Waals surface area contributed by atoms with Crippen LogP contribution in [-0.2, 0) is 11.2 Å². The van der Waals surface area contributed by atoms with Crippen molar-refractivity contribution in [1.82, 2.24) is 4.98 Å². The minimum Gasteiger partial charge on any atom is -0.385 e. The van der Waals surface area contributed by atoms with Crippen molar-refractivity contribution in [3.8, 4) is 0 Å². The lowest BCUT2D eigenvalue weighted by atomic mass is 10.0. The molecule has 0 saturated heterocycles. The number of nitrogens with two attached hydrogens (primary N) is 1. The second-order valence-electron chi connectivity index (χ2n) is 4.11. The van der Waals surface area contributed by atoms with Crippen LogP contribution in [0, 0.1) is 0 Å². The van der Waals surface area contributed by atoms with Crippen LogP contribution >= 0.6 is 0 Å². The maximum absolute atomic E-state index is 6.05. The van der Waals surface area contributed by atoms with Gasteiger partial charge < -0.3 is 15.5 Å². The summed E-state index contributed by atoms with van der Waals surface area (Å²) in [5.41, 5.74) is 8.52. The number of fused-ring (bicyclic) bond motifs is 1. The molecule has 3 nitrogen and oxygen atoms in total. The molecule has 1 unspecified atom stereocenters. The molecule has 0 aliphatic rings. The van der Waals surface area contributed by atoms with E-state index in [2.05, 4.69) is 29.4 Å². The molecule has 1 aromatic heterocycles. The van der Waals surface area contributed by atoms with E-state index in [-0.39, 0.29) is 6.04 Å². The summed E-state index contributed by atoms with van der Waals surface area (Å²) in [6.07, 6.45) is 3.85. The molecular formula is C13H18N2O. The summed E-state index contributed by atoms with van der Waals surface area (Å²) in [6, 6.07) is 8.47. The molecule has 0 radical (unpaired) electrons. The van der Waals surface area contributed by atoms with Gasteiger partial charge in [0.15, 0.2) is 0 Å². The highest BCUT2D eigenvalue weighted by Gasteiger charge is 2.08. The highest BCUT2D eigenvalue weighted by Crippen LogP contribution is 2.19. The third kappa shape index (κ3) is 2.43. The molecule has 16 heavy (non-hydrogen) atoms. The van der Waals surface area contributed by atoms with E-state index in [0.717, 1.165) is 19.4 Å². The van der Waals surface area contributed by atoms with Crippen LogP contribution in [0.15, 0.2) is 30.5 Å². The number of aromatic nitrogens is 1. The number of hydrogen-bond donors (Lipinski definition) is 2. The van der Waals surface area contributed by atoms with Crippen molar-refractivity contribution in [1.29, 1.82) is 0 Å².